The Morgan fingerprint density at radius 1 is 1.04 bits per heavy atom. The predicted molar refractivity (Wildman–Crippen MR) is 99.8 cm³/mol. The second-order valence-electron chi connectivity index (χ2n) is 5.88. The highest BCUT2D eigenvalue weighted by molar-refractivity contribution is 5.73. The molecule has 2 heterocycles. The molecule has 9 heteroatoms. The van der Waals surface area contributed by atoms with E-state index < -0.39 is 16.9 Å². The van der Waals surface area contributed by atoms with Crippen LogP contribution >= 0.6 is 0 Å². The zero-order chi connectivity index (χ0) is 19.8. The number of aromatic nitrogens is 4. The summed E-state index contributed by atoms with van der Waals surface area (Å²) in [6.45, 7) is 0. The first-order valence-corrected chi connectivity index (χ1v) is 8.07. The summed E-state index contributed by atoms with van der Waals surface area (Å²) in [6, 6.07) is 13.5. The van der Waals surface area contributed by atoms with Crippen molar-refractivity contribution in [3.05, 3.63) is 80.6 Å². The zero-order valence-corrected chi connectivity index (χ0v) is 14.2. The third-order valence-electron chi connectivity index (χ3n) is 4.20. The molecule has 8 nitrogen and oxygen atoms in total. The number of nitrogens with two attached hydrogens (primary N) is 1. The molecule has 0 bridgehead atoms. The van der Waals surface area contributed by atoms with Crippen LogP contribution in [0.4, 0.5) is 10.1 Å². The Morgan fingerprint density at radius 3 is 2.43 bits per heavy atom. The molecule has 0 atom stereocenters. The molecular weight excluding hydrogens is 363 g/mol. The zero-order valence-electron chi connectivity index (χ0n) is 14.2. The Kier molecular flexibility index (Phi) is 3.94. The van der Waals surface area contributed by atoms with Crippen molar-refractivity contribution in [3.63, 3.8) is 0 Å². The van der Waals surface area contributed by atoms with Crippen LogP contribution in [-0.4, -0.2) is 19.6 Å². The molecular formula is C19H11FN6O2. The van der Waals surface area contributed by atoms with E-state index in [2.05, 4.69) is 15.2 Å². The number of para-hydroxylation sites is 1. The summed E-state index contributed by atoms with van der Waals surface area (Å²) in [5, 5.41) is 16.0. The Hall–Kier alpha value is -4.32. The minimum atomic E-state index is -0.855. The molecule has 0 saturated heterocycles. The van der Waals surface area contributed by atoms with Gasteiger partial charge in [-0.05, 0) is 30.3 Å². The molecule has 0 aliphatic rings. The number of nitrogen functional groups attached to an aromatic ring is 1. The molecule has 2 aromatic carbocycles. The van der Waals surface area contributed by atoms with E-state index >= 15 is 0 Å². The molecule has 4 aromatic rings. The fourth-order valence-corrected chi connectivity index (χ4v) is 2.85. The normalized spacial score (nSPS) is 10.7. The van der Waals surface area contributed by atoms with E-state index in [4.69, 9.17) is 5.73 Å². The molecule has 0 fully saturated rings. The smallest absolute Gasteiger partial charge is 0.288 e. The van der Waals surface area contributed by atoms with Gasteiger partial charge in [0.25, 0.3) is 11.1 Å². The number of fused-ring (bicyclic) bond motifs is 1. The molecule has 0 saturated carbocycles. The topological polar surface area (TPSA) is 130 Å². The minimum absolute atomic E-state index is 0.0249. The molecule has 4 rings (SSSR count). The van der Waals surface area contributed by atoms with E-state index in [0.717, 1.165) is 4.40 Å². The van der Waals surface area contributed by atoms with Crippen molar-refractivity contribution in [1.29, 1.82) is 5.26 Å². The van der Waals surface area contributed by atoms with E-state index in [9.17, 15) is 19.2 Å². The number of nitrogens with one attached hydrogen (secondary N) is 1. The van der Waals surface area contributed by atoms with Crippen LogP contribution in [-0.2, 0) is 0 Å². The highest BCUT2D eigenvalue weighted by atomic mass is 19.1. The molecule has 0 aliphatic carbocycles. The van der Waals surface area contributed by atoms with Crippen molar-refractivity contribution in [2.24, 2.45) is 0 Å². The summed E-state index contributed by atoms with van der Waals surface area (Å²) in [6.07, 6.45) is 0. The number of aromatic amines is 1. The van der Waals surface area contributed by atoms with Crippen LogP contribution in [0.25, 0.3) is 28.3 Å². The Bertz CT molecular complexity index is 1380. The molecule has 28 heavy (non-hydrogen) atoms. The van der Waals surface area contributed by atoms with Gasteiger partial charge in [0.15, 0.2) is 5.69 Å². The van der Waals surface area contributed by atoms with Gasteiger partial charge in [-0.3, -0.25) is 9.59 Å². The van der Waals surface area contributed by atoms with Crippen molar-refractivity contribution in [3.8, 4) is 28.6 Å². The first-order chi connectivity index (χ1) is 13.5. The van der Waals surface area contributed by atoms with Gasteiger partial charge in [0.05, 0.1) is 5.69 Å². The fraction of sp³-hybridized carbons (Fsp3) is 0. The standard InChI is InChI=1S/C19H11FN6O2/c20-11-7-5-10(6-8-11)15-13(9-21)17(27)26-18(28)16(24-25-19(26)23-15)12-3-1-2-4-14(12)22/h1-8H,22H2,(H,23,25). The number of nitriles is 1. The lowest BCUT2D eigenvalue weighted by Crippen LogP contribution is -2.32. The molecule has 0 spiro atoms. The minimum Gasteiger partial charge on any atom is -0.398 e. The average molecular weight is 374 g/mol. The van der Waals surface area contributed by atoms with Gasteiger partial charge in [-0.25, -0.2) is 18.9 Å². The van der Waals surface area contributed by atoms with Gasteiger partial charge in [0.1, 0.15) is 17.4 Å². The Morgan fingerprint density at radius 2 is 1.75 bits per heavy atom. The third-order valence-corrected chi connectivity index (χ3v) is 4.20. The maximum absolute atomic E-state index is 13.2. The van der Waals surface area contributed by atoms with Crippen LogP contribution in [0.5, 0.6) is 0 Å². The Balaban J connectivity index is 2.05. The number of hydrogen-bond acceptors (Lipinski definition) is 6. The second-order valence-corrected chi connectivity index (χ2v) is 5.88. The van der Waals surface area contributed by atoms with Crippen LogP contribution < -0.4 is 16.9 Å². The van der Waals surface area contributed by atoms with Gasteiger partial charge in [-0.2, -0.15) is 10.4 Å². The molecule has 2 aromatic heterocycles. The molecule has 0 amide bonds. The van der Waals surface area contributed by atoms with Crippen molar-refractivity contribution in [1.82, 2.24) is 19.6 Å². The van der Waals surface area contributed by atoms with Crippen LogP contribution in [0.1, 0.15) is 5.56 Å². The van der Waals surface area contributed by atoms with Crippen LogP contribution in [0, 0.1) is 17.1 Å². The van der Waals surface area contributed by atoms with E-state index in [1.807, 2.05) is 0 Å². The summed E-state index contributed by atoms with van der Waals surface area (Å²) in [5.74, 6) is -0.619. The number of hydrogen-bond donors (Lipinski definition) is 2. The van der Waals surface area contributed by atoms with Gasteiger partial charge in [-0.15, -0.1) is 0 Å². The lowest BCUT2D eigenvalue weighted by molar-refractivity contribution is 0.628. The van der Waals surface area contributed by atoms with Gasteiger partial charge in [0.2, 0.25) is 5.78 Å². The lowest BCUT2D eigenvalue weighted by atomic mass is 10.1. The summed E-state index contributed by atoms with van der Waals surface area (Å²) in [5.41, 5.74) is 4.90. The first-order valence-electron chi connectivity index (χ1n) is 8.07. The number of benzene rings is 2. The second kappa shape index (κ2) is 6.44. The fourth-order valence-electron chi connectivity index (χ4n) is 2.85. The number of nitrogens with zero attached hydrogens (tertiary/aromatic N) is 4. The summed E-state index contributed by atoms with van der Waals surface area (Å²) in [7, 11) is 0. The Labute approximate surface area is 156 Å². The summed E-state index contributed by atoms with van der Waals surface area (Å²) in [4.78, 5) is 29.9. The molecule has 0 aliphatic heterocycles. The number of halogens is 1. The number of rotatable bonds is 2. The summed E-state index contributed by atoms with van der Waals surface area (Å²) < 4.78 is 13.9. The quantitative estimate of drug-likeness (QED) is 0.514. The lowest BCUT2D eigenvalue weighted by Gasteiger charge is -2.08. The SMILES string of the molecule is N#Cc1c(-c2ccc(F)cc2)nc2[nH]nc(-c3ccccc3N)c(=O)n2c1=O. The monoisotopic (exact) mass is 374 g/mol. The van der Waals surface area contributed by atoms with Crippen molar-refractivity contribution in [2.75, 3.05) is 5.73 Å². The first kappa shape index (κ1) is 17.1. The maximum atomic E-state index is 13.2. The molecule has 0 unspecified atom stereocenters. The van der Waals surface area contributed by atoms with Gasteiger partial charge in [0, 0.05) is 16.8 Å². The third kappa shape index (κ3) is 2.60. The van der Waals surface area contributed by atoms with Gasteiger partial charge in [-0.1, -0.05) is 18.2 Å². The highest BCUT2D eigenvalue weighted by Gasteiger charge is 2.19. The van der Waals surface area contributed by atoms with Gasteiger partial charge < -0.3 is 5.73 Å². The van der Waals surface area contributed by atoms with E-state index in [1.165, 1.54) is 24.3 Å². The largest absolute Gasteiger partial charge is 0.398 e. The van der Waals surface area contributed by atoms with Crippen LogP contribution in [0.15, 0.2) is 58.1 Å². The van der Waals surface area contributed by atoms with Crippen molar-refractivity contribution in [2.45, 2.75) is 0 Å². The summed E-state index contributed by atoms with van der Waals surface area (Å²) >= 11 is 0. The number of H-pyrrole nitrogens is 1. The predicted octanol–water partition coefficient (Wildman–Crippen LogP) is 1.70. The van der Waals surface area contributed by atoms with Crippen LogP contribution in [0.2, 0.25) is 0 Å². The van der Waals surface area contributed by atoms with Crippen LogP contribution in [0.3, 0.4) is 0 Å². The maximum Gasteiger partial charge on any atom is 0.288 e. The van der Waals surface area contributed by atoms with E-state index in [-0.39, 0.29) is 22.7 Å². The molecule has 136 valence electrons. The average Bonchev–Trinajstić information content (AvgIpc) is 2.69. The van der Waals surface area contributed by atoms with Crippen molar-refractivity contribution >= 4 is 11.5 Å². The number of anilines is 1. The van der Waals surface area contributed by atoms with Crippen molar-refractivity contribution < 1.29 is 4.39 Å². The van der Waals surface area contributed by atoms with Gasteiger partial charge >= 0.3 is 0 Å². The van der Waals surface area contributed by atoms with E-state index in [1.54, 1.807) is 30.3 Å². The van der Waals surface area contributed by atoms with E-state index in [0.29, 0.717) is 16.8 Å². The molecule has 0 radical (unpaired) electrons. The highest BCUT2D eigenvalue weighted by Crippen LogP contribution is 2.22. The molecule has 3 N–H and O–H groups in total.